The molecule has 3 rings (SSSR count). The lowest BCUT2D eigenvalue weighted by molar-refractivity contribution is -0.125. The minimum atomic E-state index is -4.09. The summed E-state index contributed by atoms with van der Waals surface area (Å²) in [4.78, 5) is 39.6. The van der Waals surface area contributed by atoms with Gasteiger partial charge in [0.05, 0.1) is 17.6 Å². The molecule has 1 fully saturated rings. The normalized spacial score (nSPS) is 14.3. The Labute approximate surface area is 193 Å². The molecule has 0 unspecified atom stereocenters. The first-order valence-electron chi connectivity index (χ1n) is 10.8. The van der Waals surface area contributed by atoms with Crippen LogP contribution < -0.4 is 10.0 Å². The van der Waals surface area contributed by atoms with Crippen LogP contribution in [0.2, 0.25) is 0 Å². The number of nitrogens with zero attached hydrogens (tertiary/aromatic N) is 1. The summed E-state index contributed by atoms with van der Waals surface area (Å²) in [6.45, 7) is 0.479. The Morgan fingerprint density at radius 2 is 1.73 bits per heavy atom. The Morgan fingerprint density at radius 1 is 1.03 bits per heavy atom. The van der Waals surface area contributed by atoms with Crippen LogP contribution in [0.15, 0.2) is 47.5 Å². The maximum Gasteiger partial charge on any atom is 0.356 e. The van der Waals surface area contributed by atoms with E-state index in [1.807, 2.05) is 4.72 Å². The number of ether oxygens (including phenoxy) is 1. The van der Waals surface area contributed by atoms with Crippen LogP contribution in [0.1, 0.15) is 58.5 Å². The number of aromatic nitrogens is 1. The van der Waals surface area contributed by atoms with Crippen molar-refractivity contribution in [3.8, 4) is 0 Å². The molecule has 9 nitrogen and oxygen atoms in total. The van der Waals surface area contributed by atoms with Gasteiger partial charge in [0.2, 0.25) is 5.91 Å². The number of hydrogen-bond donors (Lipinski definition) is 2. The van der Waals surface area contributed by atoms with E-state index in [0.717, 1.165) is 37.4 Å². The first kappa shape index (κ1) is 24.4. The fourth-order valence-electron chi connectivity index (χ4n) is 3.67. The first-order chi connectivity index (χ1) is 15.8. The number of methoxy groups -OCH3 is 1. The van der Waals surface area contributed by atoms with Gasteiger partial charge in [-0.2, -0.15) is 0 Å². The third kappa shape index (κ3) is 6.61. The lowest BCUT2D eigenvalue weighted by Crippen LogP contribution is -2.33. The predicted octanol–water partition coefficient (Wildman–Crippen LogP) is 2.23. The van der Waals surface area contributed by atoms with Crippen molar-refractivity contribution in [3.63, 3.8) is 0 Å². The number of benzene rings is 1. The number of hydrogen-bond acceptors (Lipinski definition) is 7. The minimum Gasteiger partial charge on any atom is -0.464 e. The molecule has 2 amide bonds. The summed E-state index contributed by atoms with van der Waals surface area (Å²) in [5, 5.41) is 2.96. The maximum atomic E-state index is 12.5. The van der Waals surface area contributed by atoms with Crippen molar-refractivity contribution in [3.05, 3.63) is 59.4 Å². The molecule has 0 saturated heterocycles. The van der Waals surface area contributed by atoms with Gasteiger partial charge in [0.15, 0.2) is 0 Å². The molecule has 1 aliphatic rings. The van der Waals surface area contributed by atoms with E-state index in [1.165, 1.54) is 37.8 Å². The van der Waals surface area contributed by atoms with Crippen LogP contribution in [0.5, 0.6) is 0 Å². The zero-order valence-electron chi connectivity index (χ0n) is 18.4. The Hall–Kier alpha value is -3.27. The van der Waals surface area contributed by atoms with Gasteiger partial charge >= 0.3 is 5.97 Å². The van der Waals surface area contributed by atoms with Crippen molar-refractivity contribution in [1.82, 2.24) is 15.0 Å². The lowest BCUT2D eigenvalue weighted by Gasteiger charge is -2.20. The highest BCUT2D eigenvalue weighted by molar-refractivity contribution is 7.90. The topological polar surface area (TPSA) is 132 Å². The van der Waals surface area contributed by atoms with Gasteiger partial charge < -0.3 is 10.1 Å². The van der Waals surface area contributed by atoms with E-state index in [2.05, 4.69) is 15.0 Å². The Bertz CT molecular complexity index is 1090. The van der Waals surface area contributed by atoms with Crippen LogP contribution in [-0.4, -0.2) is 44.8 Å². The fraction of sp³-hybridized carbons (Fsp3) is 0.391. The molecule has 0 radical (unpaired) electrons. The molecule has 1 aromatic carbocycles. The Morgan fingerprint density at radius 3 is 2.33 bits per heavy atom. The number of rotatable bonds is 8. The van der Waals surface area contributed by atoms with E-state index < -0.39 is 21.9 Å². The summed E-state index contributed by atoms with van der Waals surface area (Å²) in [6, 6.07) is 8.68. The number of nitrogens with one attached hydrogen (secondary N) is 2. The molecule has 1 heterocycles. The highest BCUT2D eigenvalue weighted by Gasteiger charge is 2.21. The van der Waals surface area contributed by atoms with Crippen molar-refractivity contribution in [2.24, 2.45) is 5.92 Å². The molecule has 1 saturated carbocycles. The molecule has 0 aliphatic heterocycles. The van der Waals surface area contributed by atoms with Crippen molar-refractivity contribution >= 4 is 27.8 Å². The summed E-state index contributed by atoms with van der Waals surface area (Å²) < 4.78 is 31.6. The Balaban J connectivity index is 1.53. The maximum absolute atomic E-state index is 12.5. The summed E-state index contributed by atoms with van der Waals surface area (Å²) >= 11 is 0. The molecule has 0 spiro atoms. The number of pyridine rings is 1. The summed E-state index contributed by atoms with van der Waals surface area (Å²) in [5.74, 6) is -1.34. The third-order valence-corrected chi connectivity index (χ3v) is 6.92. The van der Waals surface area contributed by atoms with Crippen LogP contribution in [0.4, 0.5) is 0 Å². The number of sulfonamides is 1. The molecule has 1 aromatic heterocycles. The van der Waals surface area contributed by atoms with Gasteiger partial charge in [-0.15, -0.1) is 0 Å². The molecule has 2 N–H and O–H groups in total. The SMILES string of the molecule is COC(=O)c1ccc(C(=O)NS(=O)(=O)c2ccc(CCNC(=O)C3CCCCC3)cc2)cn1. The second-order valence-electron chi connectivity index (χ2n) is 7.88. The van der Waals surface area contributed by atoms with Gasteiger partial charge in [-0.3, -0.25) is 9.59 Å². The van der Waals surface area contributed by atoms with Gasteiger partial charge in [-0.25, -0.2) is 22.9 Å². The van der Waals surface area contributed by atoms with Crippen LogP contribution >= 0.6 is 0 Å². The number of carbonyl (C=O) groups is 3. The molecule has 2 aromatic rings. The van der Waals surface area contributed by atoms with E-state index in [1.54, 1.807) is 12.1 Å². The van der Waals surface area contributed by atoms with Crippen molar-refractivity contribution in [1.29, 1.82) is 0 Å². The van der Waals surface area contributed by atoms with Gasteiger partial charge in [-0.1, -0.05) is 31.4 Å². The average Bonchev–Trinajstić information content (AvgIpc) is 2.84. The monoisotopic (exact) mass is 473 g/mol. The molecule has 0 atom stereocenters. The summed E-state index contributed by atoms with van der Waals surface area (Å²) in [5.41, 5.74) is 0.853. The second kappa shape index (κ2) is 11.0. The molecule has 10 heteroatoms. The highest BCUT2D eigenvalue weighted by atomic mass is 32.2. The Kier molecular flexibility index (Phi) is 8.16. The number of esters is 1. The van der Waals surface area contributed by atoms with Crippen molar-refractivity contribution in [2.45, 2.75) is 43.4 Å². The van der Waals surface area contributed by atoms with E-state index in [0.29, 0.717) is 13.0 Å². The van der Waals surface area contributed by atoms with Gasteiger partial charge in [-0.05, 0) is 49.1 Å². The largest absolute Gasteiger partial charge is 0.464 e. The van der Waals surface area contributed by atoms with Crippen LogP contribution in [-0.2, 0) is 26.0 Å². The van der Waals surface area contributed by atoms with Gasteiger partial charge in [0.1, 0.15) is 5.69 Å². The van der Waals surface area contributed by atoms with Crippen molar-refractivity contribution in [2.75, 3.05) is 13.7 Å². The zero-order valence-corrected chi connectivity index (χ0v) is 19.2. The molecule has 1 aliphatic carbocycles. The molecule has 0 bridgehead atoms. The quantitative estimate of drug-likeness (QED) is 0.562. The van der Waals surface area contributed by atoms with Crippen LogP contribution in [0.3, 0.4) is 0 Å². The minimum absolute atomic E-state index is 0.00225. The average molecular weight is 474 g/mol. The van der Waals surface area contributed by atoms with Crippen LogP contribution in [0.25, 0.3) is 0 Å². The zero-order chi connectivity index (χ0) is 23.8. The standard InChI is InChI=1S/C23H27N3O6S/c1-32-23(29)20-12-9-18(15-25-20)22(28)26-33(30,31)19-10-7-16(8-11-19)13-14-24-21(27)17-5-3-2-4-6-17/h7-12,15,17H,2-6,13-14H2,1H3,(H,24,27)(H,26,28). The second-order valence-corrected chi connectivity index (χ2v) is 9.56. The number of carbonyl (C=O) groups excluding carboxylic acids is 3. The predicted molar refractivity (Wildman–Crippen MR) is 120 cm³/mol. The third-order valence-electron chi connectivity index (χ3n) is 5.57. The van der Waals surface area contributed by atoms with Gasteiger partial charge in [0.25, 0.3) is 15.9 Å². The van der Waals surface area contributed by atoms with Gasteiger partial charge in [0, 0.05) is 18.7 Å². The number of amides is 2. The lowest BCUT2D eigenvalue weighted by atomic mass is 9.88. The van der Waals surface area contributed by atoms with E-state index >= 15 is 0 Å². The summed E-state index contributed by atoms with van der Waals surface area (Å²) in [6.07, 6.45) is 6.94. The molecule has 33 heavy (non-hydrogen) atoms. The van der Waals surface area contributed by atoms with Crippen LogP contribution in [0, 0.1) is 5.92 Å². The van der Waals surface area contributed by atoms with E-state index in [-0.39, 0.29) is 28.0 Å². The molecular formula is C23H27N3O6S. The summed E-state index contributed by atoms with van der Waals surface area (Å²) in [7, 11) is -2.89. The van der Waals surface area contributed by atoms with Crippen molar-refractivity contribution < 1.29 is 27.5 Å². The first-order valence-corrected chi connectivity index (χ1v) is 12.3. The van der Waals surface area contributed by atoms with E-state index in [4.69, 9.17) is 0 Å². The van der Waals surface area contributed by atoms with E-state index in [9.17, 15) is 22.8 Å². The molecule has 176 valence electrons. The molecular weight excluding hydrogens is 446 g/mol. The highest BCUT2D eigenvalue weighted by Crippen LogP contribution is 2.23. The smallest absolute Gasteiger partial charge is 0.356 e. The fourth-order valence-corrected chi connectivity index (χ4v) is 4.64.